The van der Waals surface area contributed by atoms with Crippen molar-refractivity contribution in [3.63, 3.8) is 0 Å². The molecule has 0 N–H and O–H groups in total. The van der Waals surface area contributed by atoms with Crippen molar-refractivity contribution >= 4 is 10.1 Å². The highest BCUT2D eigenvalue weighted by Crippen LogP contribution is 2.15. The van der Waals surface area contributed by atoms with E-state index in [1.807, 2.05) is 6.92 Å². The summed E-state index contributed by atoms with van der Waals surface area (Å²) in [4.78, 5) is 0. The zero-order chi connectivity index (χ0) is 10.3. The van der Waals surface area contributed by atoms with Crippen molar-refractivity contribution in [2.24, 2.45) is 0 Å². The lowest BCUT2D eigenvalue weighted by atomic mass is 10.1. The van der Waals surface area contributed by atoms with Crippen molar-refractivity contribution < 1.29 is 13.0 Å². The fraction of sp³-hybridized carbons (Fsp3) is 1.00. The van der Waals surface area contributed by atoms with E-state index in [9.17, 15) is 13.0 Å². The fourth-order valence-corrected chi connectivity index (χ4v) is 2.36. The lowest BCUT2D eigenvalue weighted by molar-refractivity contribution is 0.391. The normalized spacial score (nSPS) is 14.4. The van der Waals surface area contributed by atoms with Crippen LogP contribution in [0.25, 0.3) is 0 Å². The van der Waals surface area contributed by atoms with Crippen LogP contribution in [-0.4, -0.2) is 13.7 Å². The molecule has 13 heavy (non-hydrogen) atoms. The first-order valence-electron chi connectivity index (χ1n) is 4.97. The van der Waals surface area contributed by atoms with E-state index in [0.717, 1.165) is 25.7 Å². The maximum absolute atomic E-state index is 10.8. The van der Waals surface area contributed by atoms with Crippen molar-refractivity contribution in [3.8, 4) is 0 Å². The summed E-state index contributed by atoms with van der Waals surface area (Å²) >= 11 is 0. The van der Waals surface area contributed by atoms with Crippen molar-refractivity contribution in [2.75, 3.05) is 0 Å². The summed E-state index contributed by atoms with van der Waals surface area (Å²) in [6.07, 6.45) is 4.72. The van der Waals surface area contributed by atoms with Gasteiger partial charge in [0.05, 0.1) is 5.25 Å². The second kappa shape index (κ2) is 6.38. The summed E-state index contributed by atoms with van der Waals surface area (Å²) in [7, 11) is -4.06. The average Bonchev–Trinajstić information content (AvgIpc) is 2.01. The molecule has 0 saturated heterocycles. The summed E-state index contributed by atoms with van der Waals surface area (Å²) in [6.45, 7) is 3.96. The molecule has 0 aliphatic rings. The second-order valence-corrected chi connectivity index (χ2v) is 5.05. The molecule has 0 aromatic rings. The molecule has 1 atom stereocenters. The molecule has 0 aromatic carbocycles. The molecule has 0 rings (SSSR count). The quantitative estimate of drug-likeness (QED) is 0.602. The maximum atomic E-state index is 10.8. The maximum Gasteiger partial charge on any atom is 0.297 e. The molecule has 1 radical (unpaired) electrons. The first-order valence-corrected chi connectivity index (χ1v) is 6.44. The Hall–Kier alpha value is -0.0900. The van der Waals surface area contributed by atoms with Crippen LogP contribution in [0.2, 0.25) is 0 Å². The summed E-state index contributed by atoms with van der Waals surface area (Å²) in [5, 5.41) is -0.649. The van der Waals surface area contributed by atoms with Crippen molar-refractivity contribution in [1.82, 2.24) is 0 Å². The Morgan fingerprint density at radius 1 is 1.00 bits per heavy atom. The lowest BCUT2D eigenvalue weighted by Crippen LogP contribution is -2.19. The Morgan fingerprint density at radius 3 is 2.00 bits per heavy atom. The predicted molar refractivity (Wildman–Crippen MR) is 52.4 cm³/mol. The van der Waals surface area contributed by atoms with E-state index in [1.165, 1.54) is 0 Å². The molecule has 3 nitrogen and oxygen atoms in total. The van der Waals surface area contributed by atoms with Crippen LogP contribution in [-0.2, 0) is 14.7 Å². The minimum absolute atomic E-state index is 0.509. The van der Waals surface area contributed by atoms with E-state index in [0.29, 0.717) is 12.8 Å². The van der Waals surface area contributed by atoms with Gasteiger partial charge in [-0.1, -0.05) is 44.1 Å². The highest BCUT2D eigenvalue weighted by atomic mass is 32.2. The van der Waals surface area contributed by atoms with Crippen LogP contribution in [0.15, 0.2) is 0 Å². The second-order valence-electron chi connectivity index (χ2n) is 3.40. The Kier molecular flexibility index (Phi) is 6.33. The highest BCUT2D eigenvalue weighted by Gasteiger charge is 2.22. The van der Waals surface area contributed by atoms with Gasteiger partial charge in [-0.25, -0.2) is 0 Å². The molecule has 0 amide bonds. The number of hydrogen-bond acceptors (Lipinski definition) is 2. The van der Waals surface area contributed by atoms with Gasteiger partial charge in [-0.05, 0) is 12.8 Å². The Morgan fingerprint density at radius 2 is 1.62 bits per heavy atom. The van der Waals surface area contributed by atoms with Gasteiger partial charge in [0.25, 0.3) is 10.1 Å². The summed E-state index contributed by atoms with van der Waals surface area (Å²) in [5.41, 5.74) is 0. The standard InChI is InChI=1S/C9H19O3S/c1-3-5-6-8-9(7-4-2)13(10,11)12/h9H,3-8H2,1-2H3. The smallest absolute Gasteiger partial charge is 0.197 e. The van der Waals surface area contributed by atoms with Crippen LogP contribution in [0.4, 0.5) is 0 Å². The average molecular weight is 207 g/mol. The summed E-state index contributed by atoms with van der Waals surface area (Å²) in [6, 6.07) is 0. The van der Waals surface area contributed by atoms with Gasteiger partial charge in [0.15, 0.2) is 0 Å². The number of hydrogen-bond donors (Lipinski definition) is 0. The molecule has 79 valence electrons. The van der Waals surface area contributed by atoms with Crippen LogP contribution < -0.4 is 0 Å². The molecule has 0 fully saturated rings. The highest BCUT2D eigenvalue weighted by molar-refractivity contribution is 7.86. The molecule has 0 bridgehead atoms. The van der Waals surface area contributed by atoms with E-state index >= 15 is 0 Å². The van der Waals surface area contributed by atoms with E-state index in [-0.39, 0.29) is 0 Å². The van der Waals surface area contributed by atoms with E-state index in [1.54, 1.807) is 0 Å². The molecule has 0 aliphatic heterocycles. The molecule has 1 unspecified atom stereocenters. The van der Waals surface area contributed by atoms with Gasteiger partial charge < -0.3 is 0 Å². The van der Waals surface area contributed by atoms with Gasteiger partial charge >= 0.3 is 0 Å². The van der Waals surface area contributed by atoms with Crippen LogP contribution in [0.5, 0.6) is 0 Å². The van der Waals surface area contributed by atoms with E-state index in [4.69, 9.17) is 0 Å². The molecule has 0 spiro atoms. The van der Waals surface area contributed by atoms with Gasteiger partial charge in [0.1, 0.15) is 0 Å². The topological polar surface area (TPSA) is 54.0 Å². The van der Waals surface area contributed by atoms with E-state index < -0.39 is 15.4 Å². The zero-order valence-corrected chi connectivity index (χ0v) is 9.27. The monoisotopic (exact) mass is 207 g/mol. The summed E-state index contributed by atoms with van der Waals surface area (Å²) in [5.74, 6) is 0. The molecule has 0 aliphatic carbocycles. The molecule has 0 heterocycles. The van der Waals surface area contributed by atoms with Gasteiger partial charge in [-0.3, -0.25) is 0 Å². The predicted octanol–water partition coefficient (Wildman–Crippen LogP) is 2.50. The largest absolute Gasteiger partial charge is 0.297 e. The van der Waals surface area contributed by atoms with Crippen molar-refractivity contribution in [1.29, 1.82) is 0 Å². The molecular formula is C9H19O3S. The minimum atomic E-state index is -4.06. The third-order valence-corrected chi connectivity index (χ3v) is 3.44. The van der Waals surface area contributed by atoms with Crippen LogP contribution in [0, 0.1) is 0 Å². The molecule has 4 heteroatoms. The minimum Gasteiger partial charge on any atom is -0.197 e. The lowest BCUT2D eigenvalue weighted by Gasteiger charge is -2.10. The Balaban J connectivity index is 3.96. The first-order chi connectivity index (χ1) is 6.02. The van der Waals surface area contributed by atoms with Crippen molar-refractivity contribution in [2.45, 2.75) is 57.6 Å². The van der Waals surface area contributed by atoms with Crippen LogP contribution in [0.3, 0.4) is 0 Å². The third kappa shape index (κ3) is 6.05. The molecule has 0 saturated carbocycles. The van der Waals surface area contributed by atoms with Gasteiger partial charge in [-0.2, -0.15) is 8.42 Å². The molecule has 0 aromatic heterocycles. The SMILES string of the molecule is CCCCCC(CCC)S([O])(=O)=O. The van der Waals surface area contributed by atoms with Gasteiger partial charge in [0, 0.05) is 0 Å². The first kappa shape index (κ1) is 12.9. The van der Waals surface area contributed by atoms with Crippen LogP contribution in [0.1, 0.15) is 52.4 Å². The van der Waals surface area contributed by atoms with Gasteiger partial charge in [0.2, 0.25) is 0 Å². The number of rotatable bonds is 7. The Labute approximate surface area is 81.3 Å². The third-order valence-electron chi connectivity index (χ3n) is 2.15. The fourth-order valence-electron chi connectivity index (χ4n) is 1.38. The van der Waals surface area contributed by atoms with Crippen molar-refractivity contribution in [3.05, 3.63) is 0 Å². The van der Waals surface area contributed by atoms with Crippen LogP contribution >= 0.6 is 0 Å². The zero-order valence-electron chi connectivity index (χ0n) is 8.45. The summed E-state index contributed by atoms with van der Waals surface area (Å²) < 4.78 is 32.3. The number of unbranched alkanes of at least 4 members (excludes halogenated alkanes) is 2. The molecular weight excluding hydrogens is 188 g/mol. The van der Waals surface area contributed by atoms with Gasteiger partial charge in [-0.15, -0.1) is 0 Å². The Bertz CT molecular complexity index is 209. The van der Waals surface area contributed by atoms with E-state index in [2.05, 4.69) is 6.92 Å².